The van der Waals surface area contributed by atoms with Crippen molar-refractivity contribution >= 4 is 5.91 Å². The average molecular weight is 258 g/mol. The number of aliphatic hydroxyl groups is 1. The molecule has 0 spiro atoms. The third kappa shape index (κ3) is 9.42. The van der Waals surface area contributed by atoms with Crippen LogP contribution in [-0.2, 0) is 4.79 Å². The first-order valence-electron chi connectivity index (χ1n) is 7.16. The molecule has 0 radical (unpaired) electrons. The van der Waals surface area contributed by atoms with Crippen LogP contribution < -0.4 is 10.6 Å². The fourth-order valence-electron chi connectivity index (χ4n) is 1.77. The lowest BCUT2D eigenvalue weighted by Crippen LogP contribution is -2.45. The molecule has 2 atom stereocenters. The number of nitrogens with one attached hydrogen (secondary N) is 2. The smallest absolute Gasteiger partial charge is 0.236 e. The third-order valence-electron chi connectivity index (χ3n) is 2.88. The van der Waals surface area contributed by atoms with Crippen LogP contribution in [0, 0.1) is 5.92 Å². The molecule has 4 nitrogen and oxygen atoms in total. The van der Waals surface area contributed by atoms with E-state index in [4.69, 9.17) is 0 Å². The van der Waals surface area contributed by atoms with Gasteiger partial charge in [0.1, 0.15) is 0 Å². The molecule has 108 valence electrons. The van der Waals surface area contributed by atoms with Gasteiger partial charge in [-0.1, -0.05) is 33.6 Å². The quantitative estimate of drug-likeness (QED) is 0.522. The van der Waals surface area contributed by atoms with Crippen molar-refractivity contribution in [3.05, 3.63) is 0 Å². The predicted octanol–water partition coefficient (Wildman–Crippen LogP) is 1.68. The lowest BCUT2D eigenvalue weighted by molar-refractivity contribution is -0.122. The highest BCUT2D eigenvalue weighted by Gasteiger charge is 2.14. The molecule has 0 fully saturated rings. The molecule has 0 rings (SSSR count). The highest BCUT2D eigenvalue weighted by atomic mass is 16.3. The number of unbranched alkanes of at least 4 members (excludes halogenated alkanes) is 2. The molecule has 0 aromatic carbocycles. The Morgan fingerprint density at radius 3 is 2.44 bits per heavy atom. The van der Waals surface area contributed by atoms with Gasteiger partial charge in [0.15, 0.2) is 0 Å². The summed E-state index contributed by atoms with van der Waals surface area (Å²) in [6.07, 6.45) is 3.73. The van der Waals surface area contributed by atoms with Gasteiger partial charge in [-0.15, -0.1) is 0 Å². The third-order valence-corrected chi connectivity index (χ3v) is 2.88. The topological polar surface area (TPSA) is 61.4 Å². The standard InChI is InChI=1S/C14H30N2O2/c1-5-6-7-8-15-14(18)12(4)16-10-13(17)9-11(2)3/h11-13,16-17H,5-10H2,1-4H3,(H,15,18). The van der Waals surface area contributed by atoms with Crippen molar-refractivity contribution in [1.29, 1.82) is 0 Å². The summed E-state index contributed by atoms with van der Waals surface area (Å²) >= 11 is 0. The predicted molar refractivity (Wildman–Crippen MR) is 75.5 cm³/mol. The monoisotopic (exact) mass is 258 g/mol. The number of hydrogen-bond acceptors (Lipinski definition) is 3. The minimum atomic E-state index is -0.375. The summed E-state index contributed by atoms with van der Waals surface area (Å²) in [4.78, 5) is 11.7. The van der Waals surface area contributed by atoms with Crippen LogP contribution in [0.2, 0.25) is 0 Å². The Balaban J connectivity index is 3.67. The molecule has 0 saturated carbocycles. The number of aliphatic hydroxyl groups excluding tert-OH is 1. The van der Waals surface area contributed by atoms with Crippen LogP contribution in [-0.4, -0.2) is 36.2 Å². The first kappa shape index (κ1) is 17.4. The van der Waals surface area contributed by atoms with E-state index in [1.807, 2.05) is 6.92 Å². The van der Waals surface area contributed by atoms with Crippen molar-refractivity contribution < 1.29 is 9.90 Å². The van der Waals surface area contributed by atoms with Gasteiger partial charge in [0.25, 0.3) is 0 Å². The van der Waals surface area contributed by atoms with E-state index in [1.54, 1.807) is 0 Å². The van der Waals surface area contributed by atoms with E-state index < -0.39 is 0 Å². The zero-order chi connectivity index (χ0) is 14.0. The molecule has 0 aliphatic carbocycles. The van der Waals surface area contributed by atoms with Crippen LogP contribution in [0.1, 0.15) is 53.4 Å². The number of rotatable bonds is 10. The summed E-state index contributed by atoms with van der Waals surface area (Å²) in [5.41, 5.74) is 0. The van der Waals surface area contributed by atoms with Crippen molar-refractivity contribution in [3.8, 4) is 0 Å². The van der Waals surface area contributed by atoms with Crippen LogP contribution in [0.5, 0.6) is 0 Å². The first-order valence-corrected chi connectivity index (χ1v) is 7.16. The molecule has 2 unspecified atom stereocenters. The molecule has 0 aromatic heterocycles. The second kappa shape index (κ2) is 10.3. The summed E-state index contributed by atoms with van der Waals surface area (Å²) in [6.45, 7) is 9.34. The van der Waals surface area contributed by atoms with E-state index in [0.717, 1.165) is 32.2 Å². The number of hydrogen-bond donors (Lipinski definition) is 3. The minimum absolute atomic E-state index is 0.0165. The fourth-order valence-corrected chi connectivity index (χ4v) is 1.77. The van der Waals surface area contributed by atoms with Crippen molar-refractivity contribution in [2.45, 2.75) is 65.5 Å². The highest BCUT2D eigenvalue weighted by Crippen LogP contribution is 2.03. The normalized spacial score (nSPS) is 14.6. The molecule has 18 heavy (non-hydrogen) atoms. The lowest BCUT2D eigenvalue weighted by atomic mass is 10.1. The van der Waals surface area contributed by atoms with E-state index in [9.17, 15) is 9.90 Å². The Hall–Kier alpha value is -0.610. The van der Waals surface area contributed by atoms with E-state index >= 15 is 0 Å². The summed E-state index contributed by atoms with van der Waals surface area (Å²) in [7, 11) is 0. The number of carbonyl (C=O) groups is 1. The van der Waals surface area contributed by atoms with Crippen molar-refractivity contribution in [3.63, 3.8) is 0 Å². The van der Waals surface area contributed by atoms with Crippen LogP contribution >= 0.6 is 0 Å². The summed E-state index contributed by atoms with van der Waals surface area (Å²) in [5, 5.41) is 15.7. The summed E-state index contributed by atoms with van der Waals surface area (Å²) in [6, 6.07) is -0.242. The maximum Gasteiger partial charge on any atom is 0.236 e. The average Bonchev–Trinajstić information content (AvgIpc) is 2.30. The van der Waals surface area contributed by atoms with Gasteiger partial charge in [0, 0.05) is 13.1 Å². The van der Waals surface area contributed by atoms with Gasteiger partial charge in [0.05, 0.1) is 12.1 Å². The summed E-state index contributed by atoms with van der Waals surface area (Å²) in [5.74, 6) is 0.489. The molecule has 0 aliphatic heterocycles. The molecule has 0 saturated heterocycles. The van der Waals surface area contributed by atoms with Gasteiger partial charge < -0.3 is 15.7 Å². The van der Waals surface area contributed by atoms with Gasteiger partial charge in [-0.05, 0) is 25.7 Å². The summed E-state index contributed by atoms with van der Waals surface area (Å²) < 4.78 is 0. The van der Waals surface area contributed by atoms with Gasteiger partial charge in [-0.3, -0.25) is 4.79 Å². The maximum absolute atomic E-state index is 11.7. The van der Waals surface area contributed by atoms with Gasteiger partial charge in [-0.25, -0.2) is 0 Å². The highest BCUT2D eigenvalue weighted by molar-refractivity contribution is 5.81. The Morgan fingerprint density at radius 1 is 1.22 bits per heavy atom. The van der Waals surface area contributed by atoms with Crippen molar-refractivity contribution in [2.75, 3.05) is 13.1 Å². The molecule has 4 heteroatoms. The van der Waals surface area contributed by atoms with Crippen molar-refractivity contribution in [1.82, 2.24) is 10.6 Å². The van der Waals surface area contributed by atoms with Crippen LogP contribution in [0.3, 0.4) is 0 Å². The minimum Gasteiger partial charge on any atom is -0.392 e. The van der Waals surface area contributed by atoms with E-state index in [2.05, 4.69) is 31.4 Å². The molecule has 3 N–H and O–H groups in total. The largest absolute Gasteiger partial charge is 0.392 e. The second-order valence-electron chi connectivity index (χ2n) is 5.41. The molecule has 0 aliphatic rings. The molecular weight excluding hydrogens is 228 g/mol. The van der Waals surface area contributed by atoms with Crippen LogP contribution in [0.25, 0.3) is 0 Å². The lowest BCUT2D eigenvalue weighted by Gasteiger charge is -2.18. The van der Waals surface area contributed by atoms with E-state index in [-0.39, 0.29) is 18.1 Å². The SMILES string of the molecule is CCCCCNC(=O)C(C)NCC(O)CC(C)C. The Morgan fingerprint density at radius 2 is 1.89 bits per heavy atom. The van der Waals surface area contributed by atoms with E-state index in [1.165, 1.54) is 0 Å². The Labute approximate surface area is 112 Å². The second-order valence-corrected chi connectivity index (χ2v) is 5.41. The molecule has 1 amide bonds. The Kier molecular flexibility index (Phi) is 9.98. The molecular formula is C14H30N2O2. The van der Waals surface area contributed by atoms with Crippen LogP contribution in [0.15, 0.2) is 0 Å². The van der Waals surface area contributed by atoms with Crippen molar-refractivity contribution in [2.24, 2.45) is 5.92 Å². The van der Waals surface area contributed by atoms with Gasteiger partial charge in [0.2, 0.25) is 5.91 Å². The first-order chi connectivity index (χ1) is 8.47. The Bertz CT molecular complexity index is 220. The number of amides is 1. The molecule has 0 aromatic rings. The zero-order valence-electron chi connectivity index (χ0n) is 12.3. The fraction of sp³-hybridized carbons (Fsp3) is 0.929. The van der Waals surface area contributed by atoms with Crippen LogP contribution in [0.4, 0.5) is 0 Å². The van der Waals surface area contributed by atoms with Gasteiger partial charge in [-0.2, -0.15) is 0 Å². The zero-order valence-corrected chi connectivity index (χ0v) is 12.3. The number of carbonyl (C=O) groups excluding carboxylic acids is 1. The molecule has 0 heterocycles. The van der Waals surface area contributed by atoms with E-state index in [0.29, 0.717) is 12.5 Å². The molecule has 0 bridgehead atoms. The maximum atomic E-state index is 11.7. The van der Waals surface area contributed by atoms with Gasteiger partial charge >= 0.3 is 0 Å².